The number of amides is 1. The predicted molar refractivity (Wildman–Crippen MR) is 121 cm³/mol. The molecule has 0 fully saturated rings. The summed E-state index contributed by atoms with van der Waals surface area (Å²) in [5, 5.41) is 3.15. The second-order valence-electron chi connectivity index (χ2n) is 6.10. The molecule has 0 aliphatic heterocycles. The lowest BCUT2D eigenvalue weighted by molar-refractivity contribution is -0.148. The molecule has 0 saturated carbocycles. The summed E-state index contributed by atoms with van der Waals surface area (Å²) in [6.45, 7) is 1.41. The molecule has 7 nitrogen and oxygen atoms in total. The summed E-state index contributed by atoms with van der Waals surface area (Å²) in [6, 6.07) is 6.13. The van der Waals surface area contributed by atoms with Crippen molar-refractivity contribution in [3.05, 3.63) is 51.0 Å². The van der Waals surface area contributed by atoms with Crippen LogP contribution >= 0.6 is 34.8 Å². The zero-order chi connectivity index (χ0) is 23.1. The first kappa shape index (κ1) is 24.7. The van der Waals surface area contributed by atoms with Crippen LogP contribution in [0.1, 0.15) is 12.5 Å². The van der Waals surface area contributed by atoms with Crippen molar-refractivity contribution >= 4 is 58.4 Å². The molecule has 1 amide bonds. The first-order valence-electron chi connectivity index (χ1n) is 8.84. The van der Waals surface area contributed by atoms with Crippen molar-refractivity contribution in [1.82, 2.24) is 0 Å². The first-order chi connectivity index (χ1) is 14.7. The van der Waals surface area contributed by atoms with Crippen LogP contribution in [0.5, 0.6) is 17.2 Å². The molecule has 0 radical (unpaired) electrons. The maximum atomic E-state index is 12.4. The Labute approximate surface area is 194 Å². The number of hydrogen-bond acceptors (Lipinski definition) is 6. The fraction of sp³-hybridized carbons (Fsp3) is 0.238. The number of anilines is 1. The van der Waals surface area contributed by atoms with E-state index in [-0.39, 0.29) is 15.7 Å². The van der Waals surface area contributed by atoms with Crippen LogP contribution in [0.3, 0.4) is 0 Å². The van der Waals surface area contributed by atoms with Gasteiger partial charge in [-0.2, -0.15) is 0 Å². The van der Waals surface area contributed by atoms with Gasteiger partial charge in [0, 0.05) is 22.7 Å². The van der Waals surface area contributed by atoms with Crippen LogP contribution in [0.2, 0.25) is 15.1 Å². The molecule has 0 heterocycles. The fourth-order valence-corrected chi connectivity index (χ4v) is 3.41. The number of benzene rings is 2. The van der Waals surface area contributed by atoms with Crippen LogP contribution in [0.25, 0.3) is 6.08 Å². The molecule has 0 aromatic heterocycles. The number of ether oxygens (including phenoxy) is 4. The van der Waals surface area contributed by atoms with Gasteiger partial charge in [-0.15, -0.1) is 0 Å². The van der Waals surface area contributed by atoms with Crippen molar-refractivity contribution < 1.29 is 28.5 Å². The highest BCUT2D eigenvalue weighted by Crippen LogP contribution is 2.35. The van der Waals surface area contributed by atoms with Gasteiger partial charge >= 0.3 is 5.97 Å². The Morgan fingerprint density at radius 2 is 1.45 bits per heavy atom. The van der Waals surface area contributed by atoms with Gasteiger partial charge in [0.2, 0.25) is 0 Å². The molecule has 0 bridgehead atoms. The van der Waals surface area contributed by atoms with E-state index in [9.17, 15) is 9.59 Å². The molecule has 0 aliphatic carbocycles. The number of carbonyl (C=O) groups excluding carboxylic acids is 2. The average molecular weight is 489 g/mol. The Kier molecular flexibility index (Phi) is 8.86. The molecule has 1 N–H and O–H groups in total. The topological polar surface area (TPSA) is 83.1 Å². The SMILES string of the molecule is COc1cc(OC)c(OC)cc1/C=C/C(=O)OC(C)C(=O)Nc1c(Cl)cc(Cl)cc1Cl. The maximum Gasteiger partial charge on any atom is 0.331 e. The van der Waals surface area contributed by atoms with Gasteiger partial charge in [-0.3, -0.25) is 4.79 Å². The van der Waals surface area contributed by atoms with Gasteiger partial charge in [0.1, 0.15) is 5.75 Å². The normalized spacial score (nSPS) is 11.7. The van der Waals surface area contributed by atoms with E-state index in [0.29, 0.717) is 27.8 Å². The Bertz CT molecular complexity index is 986. The lowest BCUT2D eigenvalue weighted by Crippen LogP contribution is -2.29. The second-order valence-corrected chi connectivity index (χ2v) is 7.35. The smallest absolute Gasteiger partial charge is 0.331 e. The lowest BCUT2D eigenvalue weighted by Gasteiger charge is -2.14. The summed E-state index contributed by atoms with van der Waals surface area (Å²) in [5.41, 5.74) is 0.722. The minimum atomic E-state index is -1.12. The van der Waals surface area contributed by atoms with Crippen LogP contribution < -0.4 is 19.5 Å². The fourth-order valence-electron chi connectivity index (χ4n) is 2.49. The van der Waals surface area contributed by atoms with Gasteiger partial charge in [-0.1, -0.05) is 34.8 Å². The average Bonchev–Trinajstić information content (AvgIpc) is 2.73. The van der Waals surface area contributed by atoms with Gasteiger partial charge < -0.3 is 24.3 Å². The molecule has 2 rings (SSSR count). The number of nitrogens with one attached hydrogen (secondary N) is 1. The van der Waals surface area contributed by atoms with E-state index in [1.54, 1.807) is 12.1 Å². The van der Waals surface area contributed by atoms with E-state index in [2.05, 4.69) is 5.32 Å². The van der Waals surface area contributed by atoms with E-state index in [1.165, 1.54) is 46.5 Å². The van der Waals surface area contributed by atoms with Gasteiger partial charge in [-0.25, -0.2) is 4.79 Å². The van der Waals surface area contributed by atoms with Crippen molar-refractivity contribution in [3.63, 3.8) is 0 Å². The summed E-state index contributed by atoms with van der Waals surface area (Å²) in [4.78, 5) is 24.5. The number of carbonyl (C=O) groups is 2. The van der Waals surface area contributed by atoms with Crippen LogP contribution in [0, 0.1) is 0 Å². The van der Waals surface area contributed by atoms with Crippen molar-refractivity contribution in [3.8, 4) is 17.2 Å². The number of halogens is 3. The van der Waals surface area contributed by atoms with Gasteiger partial charge in [0.15, 0.2) is 17.6 Å². The van der Waals surface area contributed by atoms with Crippen molar-refractivity contribution in [2.45, 2.75) is 13.0 Å². The van der Waals surface area contributed by atoms with Crippen molar-refractivity contribution in [2.75, 3.05) is 26.6 Å². The Morgan fingerprint density at radius 3 is 2.00 bits per heavy atom. The summed E-state index contributed by atoms with van der Waals surface area (Å²) in [5.74, 6) is 0.0357. The van der Waals surface area contributed by atoms with E-state index < -0.39 is 18.0 Å². The summed E-state index contributed by atoms with van der Waals surface area (Å²) in [7, 11) is 4.48. The molecular formula is C21H20Cl3NO6. The highest BCUT2D eigenvalue weighted by atomic mass is 35.5. The minimum absolute atomic E-state index is 0.157. The molecule has 166 valence electrons. The zero-order valence-electron chi connectivity index (χ0n) is 17.1. The van der Waals surface area contributed by atoms with Crippen LogP contribution in [-0.2, 0) is 14.3 Å². The third-order valence-corrected chi connectivity index (χ3v) is 4.87. The third kappa shape index (κ3) is 6.43. The van der Waals surface area contributed by atoms with Crippen LogP contribution in [-0.4, -0.2) is 39.3 Å². The number of methoxy groups -OCH3 is 3. The van der Waals surface area contributed by atoms with E-state index in [0.717, 1.165) is 6.08 Å². The number of esters is 1. The van der Waals surface area contributed by atoms with E-state index in [1.807, 2.05) is 0 Å². The molecular weight excluding hydrogens is 469 g/mol. The summed E-state index contributed by atoms with van der Waals surface area (Å²) >= 11 is 17.9. The number of rotatable bonds is 8. The molecule has 0 spiro atoms. The van der Waals surface area contributed by atoms with Crippen molar-refractivity contribution in [1.29, 1.82) is 0 Å². The quantitative estimate of drug-likeness (QED) is 0.403. The molecule has 0 aliphatic rings. The van der Waals surface area contributed by atoms with Gasteiger partial charge in [0.25, 0.3) is 5.91 Å². The highest BCUT2D eigenvalue weighted by molar-refractivity contribution is 6.42. The summed E-state index contributed by atoms with van der Waals surface area (Å²) in [6.07, 6.45) is 1.52. The molecule has 2 aromatic carbocycles. The Hall–Kier alpha value is -2.61. The second kappa shape index (κ2) is 11.1. The monoisotopic (exact) mass is 487 g/mol. The first-order valence-corrected chi connectivity index (χ1v) is 9.97. The van der Waals surface area contributed by atoms with Gasteiger partial charge in [-0.05, 0) is 31.2 Å². The Balaban J connectivity index is 2.08. The van der Waals surface area contributed by atoms with Crippen LogP contribution in [0.4, 0.5) is 5.69 Å². The largest absolute Gasteiger partial charge is 0.496 e. The third-order valence-electron chi connectivity index (χ3n) is 4.05. The molecule has 31 heavy (non-hydrogen) atoms. The predicted octanol–water partition coefficient (Wildman–Crippen LogP) is 5.26. The molecule has 2 aromatic rings. The summed E-state index contributed by atoms with van der Waals surface area (Å²) < 4.78 is 20.9. The molecule has 10 heteroatoms. The number of hydrogen-bond donors (Lipinski definition) is 1. The van der Waals surface area contributed by atoms with E-state index in [4.69, 9.17) is 53.8 Å². The van der Waals surface area contributed by atoms with E-state index >= 15 is 0 Å². The molecule has 0 saturated heterocycles. The lowest BCUT2D eigenvalue weighted by atomic mass is 10.1. The Morgan fingerprint density at radius 1 is 0.903 bits per heavy atom. The highest BCUT2D eigenvalue weighted by Gasteiger charge is 2.20. The van der Waals surface area contributed by atoms with Gasteiger partial charge in [0.05, 0.1) is 37.1 Å². The zero-order valence-corrected chi connectivity index (χ0v) is 19.4. The standard InChI is InChI=1S/C21H20Cl3NO6/c1-11(21(27)25-20-14(23)8-13(22)9-15(20)24)31-19(26)6-5-12-7-17(29-3)18(30-4)10-16(12)28-2/h5-11H,1-4H3,(H,25,27)/b6-5+. The van der Waals surface area contributed by atoms with Crippen molar-refractivity contribution in [2.24, 2.45) is 0 Å². The minimum Gasteiger partial charge on any atom is -0.496 e. The molecule has 1 atom stereocenters. The van der Waals surface area contributed by atoms with Crippen LogP contribution in [0.15, 0.2) is 30.3 Å². The molecule has 1 unspecified atom stereocenters. The maximum absolute atomic E-state index is 12.4.